The summed E-state index contributed by atoms with van der Waals surface area (Å²) < 4.78 is 1.82. The van der Waals surface area contributed by atoms with Crippen molar-refractivity contribution in [2.75, 3.05) is 29.1 Å². The third kappa shape index (κ3) is 4.74. The lowest BCUT2D eigenvalue weighted by molar-refractivity contribution is -0.113. The van der Waals surface area contributed by atoms with Crippen molar-refractivity contribution in [2.24, 2.45) is 0 Å². The van der Waals surface area contributed by atoms with E-state index in [0.717, 1.165) is 24.5 Å². The Bertz CT molecular complexity index is 1020. The first kappa shape index (κ1) is 19.8. The van der Waals surface area contributed by atoms with Gasteiger partial charge in [0.15, 0.2) is 5.16 Å². The molecule has 1 fully saturated rings. The second-order valence-corrected chi connectivity index (χ2v) is 8.37. The maximum atomic E-state index is 12.4. The van der Waals surface area contributed by atoms with Gasteiger partial charge in [0.05, 0.1) is 11.4 Å². The fourth-order valence-electron chi connectivity index (χ4n) is 3.50. The van der Waals surface area contributed by atoms with Crippen molar-refractivity contribution >= 4 is 40.6 Å². The van der Waals surface area contributed by atoms with Crippen molar-refractivity contribution in [3.05, 3.63) is 59.4 Å². The van der Waals surface area contributed by atoms with Crippen molar-refractivity contribution < 1.29 is 4.79 Å². The van der Waals surface area contributed by atoms with Crippen LogP contribution in [0.1, 0.15) is 18.4 Å². The molecule has 29 heavy (non-hydrogen) atoms. The molecule has 0 bridgehead atoms. The van der Waals surface area contributed by atoms with Crippen LogP contribution >= 0.6 is 23.4 Å². The fourth-order valence-corrected chi connectivity index (χ4v) is 4.41. The summed E-state index contributed by atoms with van der Waals surface area (Å²) in [6, 6.07) is 13.5. The Kier molecular flexibility index (Phi) is 6.06. The SMILES string of the molecule is Cc1cc(NC(=O)CSc2nncn2-c2cccc(Cl)c2)ccc1N1CCCC1. The molecule has 1 amide bonds. The Morgan fingerprint density at radius 2 is 2.03 bits per heavy atom. The van der Waals surface area contributed by atoms with E-state index in [1.54, 1.807) is 6.33 Å². The molecule has 1 aliphatic heterocycles. The predicted octanol–water partition coefficient (Wildman–Crippen LogP) is 4.56. The quantitative estimate of drug-likeness (QED) is 0.584. The van der Waals surface area contributed by atoms with E-state index in [4.69, 9.17) is 11.6 Å². The Hall–Kier alpha value is -2.51. The molecule has 3 aromatic rings. The fraction of sp³-hybridized carbons (Fsp3) is 0.286. The predicted molar refractivity (Wildman–Crippen MR) is 118 cm³/mol. The van der Waals surface area contributed by atoms with Gasteiger partial charge in [-0.2, -0.15) is 0 Å². The standard InChI is InChI=1S/C21H22ClN5OS/c1-15-11-17(7-8-19(15)26-9-2-3-10-26)24-20(28)13-29-21-25-23-14-27(21)18-6-4-5-16(22)12-18/h4-8,11-12,14H,2-3,9-10,13H2,1H3,(H,24,28). The van der Waals surface area contributed by atoms with Crippen LogP contribution in [-0.4, -0.2) is 39.5 Å². The molecule has 150 valence electrons. The number of carbonyl (C=O) groups excluding carboxylic acids is 1. The number of amides is 1. The molecule has 2 heterocycles. The van der Waals surface area contributed by atoms with Gasteiger partial charge in [0.1, 0.15) is 6.33 Å². The number of hydrogen-bond acceptors (Lipinski definition) is 5. The first-order chi connectivity index (χ1) is 14.1. The zero-order valence-electron chi connectivity index (χ0n) is 16.1. The molecular weight excluding hydrogens is 406 g/mol. The van der Waals surface area contributed by atoms with Crippen molar-refractivity contribution in [3.8, 4) is 5.69 Å². The highest BCUT2D eigenvalue weighted by atomic mass is 35.5. The average Bonchev–Trinajstić information content (AvgIpc) is 3.38. The number of benzene rings is 2. The monoisotopic (exact) mass is 427 g/mol. The molecule has 1 N–H and O–H groups in total. The van der Waals surface area contributed by atoms with Crippen LogP contribution in [-0.2, 0) is 4.79 Å². The summed E-state index contributed by atoms with van der Waals surface area (Å²) in [6.07, 6.45) is 4.11. The van der Waals surface area contributed by atoms with Crippen LogP contribution in [0.4, 0.5) is 11.4 Å². The molecule has 0 aliphatic carbocycles. The van der Waals surface area contributed by atoms with Crippen LogP contribution in [0.2, 0.25) is 5.02 Å². The third-order valence-corrected chi connectivity index (χ3v) is 6.04. The lowest BCUT2D eigenvalue weighted by Gasteiger charge is -2.20. The number of carbonyl (C=O) groups is 1. The molecule has 0 radical (unpaired) electrons. The minimum Gasteiger partial charge on any atom is -0.371 e. The summed E-state index contributed by atoms with van der Waals surface area (Å²) in [4.78, 5) is 14.8. The molecule has 1 saturated heterocycles. The van der Waals surface area contributed by atoms with E-state index in [9.17, 15) is 4.79 Å². The first-order valence-corrected chi connectivity index (χ1v) is 10.9. The van der Waals surface area contributed by atoms with Gasteiger partial charge in [0.2, 0.25) is 5.91 Å². The minimum absolute atomic E-state index is 0.0797. The van der Waals surface area contributed by atoms with Gasteiger partial charge in [-0.1, -0.05) is 29.4 Å². The van der Waals surface area contributed by atoms with Gasteiger partial charge in [-0.25, -0.2) is 0 Å². The molecule has 1 aromatic heterocycles. The highest BCUT2D eigenvalue weighted by Crippen LogP contribution is 2.27. The summed E-state index contributed by atoms with van der Waals surface area (Å²) in [5, 5.41) is 12.3. The number of halogens is 1. The molecule has 0 unspecified atom stereocenters. The number of thioether (sulfide) groups is 1. The Morgan fingerprint density at radius 1 is 1.21 bits per heavy atom. The van der Waals surface area contributed by atoms with E-state index in [2.05, 4.69) is 33.4 Å². The number of aromatic nitrogens is 3. The van der Waals surface area contributed by atoms with E-state index in [0.29, 0.717) is 10.2 Å². The van der Waals surface area contributed by atoms with Gasteiger partial charge < -0.3 is 10.2 Å². The number of aryl methyl sites for hydroxylation is 1. The minimum atomic E-state index is -0.0797. The van der Waals surface area contributed by atoms with Crippen LogP contribution in [0, 0.1) is 6.92 Å². The number of anilines is 2. The highest BCUT2D eigenvalue weighted by Gasteiger charge is 2.15. The van der Waals surface area contributed by atoms with Crippen molar-refractivity contribution in [1.82, 2.24) is 14.8 Å². The molecule has 0 saturated carbocycles. The van der Waals surface area contributed by atoms with Gasteiger partial charge in [0, 0.05) is 29.5 Å². The number of rotatable bonds is 6. The van der Waals surface area contributed by atoms with Crippen molar-refractivity contribution in [1.29, 1.82) is 0 Å². The van der Waals surface area contributed by atoms with Gasteiger partial charge in [-0.15, -0.1) is 10.2 Å². The second-order valence-electron chi connectivity index (χ2n) is 7.00. The summed E-state index contributed by atoms with van der Waals surface area (Å²) in [5.41, 5.74) is 4.11. The molecule has 6 nitrogen and oxygen atoms in total. The average molecular weight is 428 g/mol. The van der Waals surface area contributed by atoms with Crippen molar-refractivity contribution in [2.45, 2.75) is 24.9 Å². The normalized spacial score (nSPS) is 13.7. The van der Waals surface area contributed by atoms with E-state index < -0.39 is 0 Å². The smallest absolute Gasteiger partial charge is 0.234 e. The summed E-state index contributed by atoms with van der Waals surface area (Å²) in [7, 11) is 0. The van der Waals surface area contributed by atoms with E-state index >= 15 is 0 Å². The molecule has 8 heteroatoms. The lowest BCUT2D eigenvalue weighted by atomic mass is 10.1. The number of nitrogens with one attached hydrogen (secondary N) is 1. The maximum Gasteiger partial charge on any atom is 0.234 e. The van der Waals surface area contributed by atoms with Gasteiger partial charge in [-0.05, 0) is 61.7 Å². The summed E-state index contributed by atoms with van der Waals surface area (Å²) >= 11 is 7.40. The van der Waals surface area contributed by atoms with E-state index in [1.165, 1.54) is 35.9 Å². The number of nitrogens with zero attached hydrogens (tertiary/aromatic N) is 4. The van der Waals surface area contributed by atoms with E-state index in [-0.39, 0.29) is 11.7 Å². The van der Waals surface area contributed by atoms with Crippen LogP contribution in [0.25, 0.3) is 5.69 Å². The Morgan fingerprint density at radius 3 is 2.79 bits per heavy atom. The maximum absolute atomic E-state index is 12.4. The number of hydrogen-bond donors (Lipinski definition) is 1. The molecule has 1 aliphatic rings. The first-order valence-electron chi connectivity index (χ1n) is 9.54. The highest BCUT2D eigenvalue weighted by molar-refractivity contribution is 7.99. The van der Waals surface area contributed by atoms with Gasteiger partial charge in [-0.3, -0.25) is 9.36 Å². The summed E-state index contributed by atoms with van der Waals surface area (Å²) in [5.74, 6) is 0.163. The third-order valence-electron chi connectivity index (χ3n) is 4.86. The van der Waals surface area contributed by atoms with Crippen LogP contribution < -0.4 is 10.2 Å². The van der Waals surface area contributed by atoms with Crippen molar-refractivity contribution in [3.63, 3.8) is 0 Å². The van der Waals surface area contributed by atoms with Crippen LogP contribution in [0.5, 0.6) is 0 Å². The van der Waals surface area contributed by atoms with Crippen LogP contribution in [0.15, 0.2) is 53.9 Å². The van der Waals surface area contributed by atoms with E-state index in [1.807, 2.05) is 41.0 Å². The van der Waals surface area contributed by atoms with Gasteiger partial charge >= 0.3 is 0 Å². The second kappa shape index (κ2) is 8.88. The van der Waals surface area contributed by atoms with Crippen LogP contribution in [0.3, 0.4) is 0 Å². The molecule has 0 atom stereocenters. The topological polar surface area (TPSA) is 63.1 Å². The Balaban J connectivity index is 1.37. The Labute approximate surface area is 179 Å². The molecule has 2 aromatic carbocycles. The zero-order valence-corrected chi connectivity index (χ0v) is 17.7. The zero-order chi connectivity index (χ0) is 20.2. The molecular formula is C21H22ClN5OS. The molecule has 4 rings (SSSR count). The largest absolute Gasteiger partial charge is 0.371 e. The molecule has 0 spiro atoms. The lowest BCUT2D eigenvalue weighted by Crippen LogP contribution is -2.19. The van der Waals surface area contributed by atoms with Gasteiger partial charge in [0.25, 0.3) is 0 Å². The summed E-state index contributed by atoms with van der Waals surface area (Å²) in [6.45, 7) is 4.30.